The Balaban J connectivity index is -0.000000349. The minimum absolute atomic E-state index is 0. The van der Waals surface area contributed by atoms with Crippen LogP contribution in [0.4, 0.5) is 10.5 Å². The van der Waals surface area contributed by atoms with Gasteiger partial charge in [0, 0.05) is 117 Å². The third-order valence-corrected chi connectivity index (χ3v) is 9.56. The third-order valence-electron chi connectivity index (χ3n) is 9.56. The molecule has 0 spiro atoms. The normalized spacial score (nSPS) is 10.3. The smallest absolute Gasteiger partial charge is 0.431 e. The van der Waals surface area contributed by atoms with Crippen molar-refractivity contribution >= 4 is 83.4 Å². The highest BCUT2D eigenvalue weighted by Crippen LogP contribution is 2.12. The minimum atomic E-state index is -1.17. The van der Waals surface area contributed by atoms with Crippen LogP contribution in [0, 0.1) is 5.41 Å². The van der Waals surface area contributed by atoms with Gasteiger partial charge in [0.15, 0.2) is 13.2 Å². The number of esters is 4. The molecule has 0 atom stereocenters. The van der Waals surface area contributed by atoms with E-state index in [9.17, 15) is 47.9 Å². The number of pyridine rings is 1. The Hall–Kier alpha value is -6.72. The molecule has 502 valence electrons. The standard InChI is InChI=1S/C21H36N2O9.C14H25NO6.C8H17N3.C7H10N2.C7H13NO5.ClH/c1-15(24)30-12-18(13-31-16(2)25)29-11-7-9-17(26)8-6-10-22-19(27)14-32-23-20(28)21(3,4)5;1-11(16)20-9-14(10-21-12(2)17)19-8-4-6-13(18)5-3-7-15;1-4-9-8-10-6-5-7-11(2)3;1-9(2)7-3-5-8-6-4-7;1-7(2,3)13-6(11)8-12-4-5(9)10;/h18H,6-14H2,1-5H3,(H,22,27)(H,23,28);14H,3-10,15H2,1-2H3;4-7H2,1-3H3;3-6H,1-2H3;4H2,1-3H3,(H,8,11)(H,9,10);1H. The molecule has 1 aromatic heterocycles. The SMILES string of the molecule is CC(=O)OCC(COC(C)=O)OCCCC(=O)CCCN.CC(=O)OCC(COC(C)=O)OCCCC(=O)CCCNC(=O)CONC(=O)C(C)(C)C.CC(C)(C)OC(=O)NOCC(=O)O.CCN=C=NCCCN(C)C.CN(C)c1ccncc1.Cl. The summed E-state index contributed by atoms with van der Waals surface area (Å²) >= 11 is 0. The van der Waals surface area contributed by atoms with E-state index in [0.717, 1.165) is 26.1 Å². The Labute approximate surface area is 519 Å². The second-order valence-electron chi connectivity index (χ2n) is 20.8. The highest BCUT2D eigenvalue weighted by Gasteiger charge is 2.22. The number of ether oxygens (including phenoxy) is 7. The Morgan fingerprint density at radius 2 is 1.10 bits per heavy atom. The molecule has 6 N–H and O–H groups in total. The summed E-state index contributed by atoms with van der Waals surface area (Å²) < 4.78 is 35.1. The van der Waals surface area contributed by atoms with E-state index in [0.29, 0.717) is 71.1 Å². The second kappa shape index (κ2) is 57.0. The highest BCUT2D eigenvalue weighted by molar-refractivity contribution is 5.85. The summed E-state index contributed by atoms with van der Waals surface area (Å²) in [4.78, 5) is 136. The van der Waals surface area contributed by atoms with Gasteiger partial charge in [-0.3, -0.25) is 53.0 Å². The fourth-order valence-corrected chi connectivity index (χ4v) is 5.34. The molecule has 0 saturated carbocycles. The van der Waals surface area contributed by atoms with Crippen LogP contribution in [-0.2, 0) is 86.0 Å². The van der Waals surface area contributed by atoms with E-state index in [2.05, 4.69) is 55.6 Å². The van der Waals surface area contributed by atoms with Gasteiger partial charge in [-0.05, 0) is 99.1 Å². The van der Waals surface area contributed by atoms with Crippen molar-refractivity contribution in [2.75, 3.05) is 119 Å². The largest absolute Gasteiger partial charge is 0.479 e. The molecule has 1 heterocycles. The number of carboxylic acid groups (broad SMARTS) is 1. The number of aliphatic imine (C=N–C) groups is 2. The number of carbonyl (C=O) groups is 10. The van der Waals surface area contributed by atoms with Crippen molar-refractivity contribution in [1.29, 1.82) is 0 Å². The number of nitrogens with zero attached hydrogens (tertiary/aromatic N) is 5. The van der Waals surface area contributed by atoms with Crippen LogP contribution in [0.3, 0.4) is 0 Å². The number of aliphatic carboxylic acids is 1. The lowest BCUT2D eigenvalue weighted by Gasteiger charge is -2.19. The molecule has 1 aromatic rings. The van der Waals surface area contributed by atoms with E-state index < -0.39 is 71.7 Å². The van der Waals surface area contributed by atoms with E-state index in [1.54, 1.807) is 53.9 Å². The van der Waals surface area contributed by atoms with Gasteiger partial charge in [0.05, 0.1) is 12.6 Å². The van der Waals surface area contributed by atoms with Gasteiger partial charge < -0.3 is 59.1 Å². The van der Waals surface area contributed by atoms with Crippen LogP contribution in [0.5, 0.6) is 0 Å². The molecule has 0 aliphatic rings. The maximum absolute atomic E-state index is 11.9. The maximum Gasteiger partial charge on any atom is 0.431 e. The van der Waals surface area contributed by atoms with Crippen molar-refractivity contribution < 1.29 is 95.9 Å². The monoisotopic (exact) mass is 1270 g/mol. The number of hydrogen-bond donors (Lipinski definition) is 5. The average Bonchev–Trinajstić information content (AvgIpc) is 3.60. The molecule has 29 nitrogen and oxygen atoms in total. The van der Waals surface area contributed by atoms with Crippen molar-refractivity contribution in [1.82, 2.24) is 26.2 Å². The maximum atomic E-state index is 11.9. The number of rotatable bonds is 37. The van der Waals surface area contributed by atoms with Gasteiger partial charge >= 0.3 is 35.9 Å². The predicted octanol–water partition coefficient (Wildman–Crippen LogP) is 4.65. The number of hydroxylamine groups is 2. The van der Waals surface area contributed by atoms with Crippen LogP contribution < -0.4 is 26.9 Å². The van der Waals surface area contributed by atoms with Gasteiger partial charge in [-0.25, -0.2) is 25.1 Å². The molecule has 3 amide bonds. The first-order valence-corrected chi connectivity index (χ1v) is 28.1. The molecule has 0 unspecified atom stereocenters. The lowest BCUT2D eigenvalue weighted by molar-refractivity contribution is -0.154. The highest BCUT2D eigenvalue weighted by atomic mass is 35.5. The van der Waals surface area contributed by atoms with Crippen LogP contribution in [0.15, 0.2) is 34.5 Å². The lowest BCUT2D eigenvalue weighted by Crippen LogP contribution is -2.38. The third kappa shape index (κ3) is 71.7. The van der Waals surface area contributed by atoms with E-state index in [1.165, 1.54) is 33.4 Å². The second-order valence-corrected chi connectivity index (χ2v) is 20.8. The van der Waals surface area contributed by atoms with Gasteiger partial charge in [-0.1, -0.05) is 20.8 Å². The number of aromatic nitrogens is 1. The summed E-state index contributed by atoms with van der Waals surface area (Å²) in [6, 6.07) is 6.58. The first-order chi connectivity index (χ1) is 40.2. The molecule has 0 radical (unpaired) electrons. The number of hydrogen-bond acceptors (Lipinski definition) is 25. The number of halogens is 1. The zero-order valence-electron chi connectivity index (χ0n) is 53.9. The van der Waals surface area contributed by atoms with Crippen molar-refractivity contribution in [3.63, 3.8) is 0 Å². The molecule has 0 aliphatic carbocycles. The number of anilines is 1. The van der Waals surface area contributed by atoms with Gasteiger partial charge in [0.1, 0.15) is 55.8 Å². The molecule has 0 aromatic carbocycles. The van der Waals surface area contributed by atoms with E-state index >= 15 is 0 Å². The summed E-state index contributed by atoms with van der Waals surface area (Å²) in [6.45, 7) is 20.4. The molecule has 0 saturated heterocycles. The molecule has 1 rings (SSSR count). The Bertz CT molecular complexity index is 2090. The van der Waals surface area contributed by atoms with E-state index in [1.807, 2.05) is 43.5 Å². The first-order valence-electron chi connectivity index (χ1n) is 28.1. The van der Waals surface area contributed by atoms with Crippen molar-refractivity contribution in [3.8, 4) is 0 Å². The molecular weight excluding hydrogens is 1170 g/mol. The molecule has 87 heavy (non-hydrogen) atoms. The summed E-state index contributed by atoms with van der Waals surface area (Å²) in [7, 11) is 8.14. The summed E-state index contributed by atoms with van der Waals surface area (Å²) in [5.41, 5.74) is 9.31. The molecule has 0 fully saturated rings. The van der Waals surface area contributed by atoms with Crippen molar-refractivity contribution in [2.45, 2.75) is 152 Å². The topological polar surface area (TPSA) is 380 Å². The van der Waals surface area contributed by atoms with E-state index in [-0.39, 0.29) is 69.5 Å². The molecular formula is C57H102ClN9O20. The van der Waals surface area contributed by atoms with Gasteiger partial charge in [-0.15, -0.1) is 12.4 Å². The fraction of sp³-hybridized carbons (Fsp3) is 0.719. The number of amides is 3. The Kier molecular flexibility index (Phi) is 58.4. The molecule has 0 bridgehead atoms. The predicted molar refractivity (Wildman–Crippen MR) is 326 cm³/mol. The lowest BCUT2D eigenvalue weighted by atomic mass is 9.96. The summed E-state index contributed by atoms with van der Waals surface area (Å²) in [6.07, 6.45) is 6.44. The van der Waals surface area contributed by atoms with Gasteiger partial charge in [0.25, 0.3) is 0 Å². The minimum Gasteiger partial charge on any atom is -0.479 e. The Morgan fingerprint density at radius 1 is 0.655 bits per heavy atom. The van der Waals surface area contributed by atoms with E-state index in [4.69, 9.17) is 48.8 Å². The zero-order valence-corrected chi connectivity index (χ0v) is 54.8. The molecule has 30 heteroatoms. The number of carboxylic acids is 1. The number of nitrogens with two attached hydrogens (primary N) is 1. The van der Waals surface area contributed by atoms with Crippen LogP contribution >= 0.6 is 12.4 Å². The van der Waals surface area contributed by atoms with Crippen LogP contribution in [0.2, 0.25) is 0 Å². The number of carbonyl (C=O) groups excluding carboxylic acids is 9. The Morgan fingerprint density at radius 3 is 1.48 bits per heavy atom. The van der Waals surface area contributed by atoms with Crippen LogP contribution in [-0.4, -0.2) is 212 Å². The summed E-state index contributed by atoms with van der Waals surface area (Å²) in [5.74, 6) is -3.51. The molecule has 0 aliphatic heterocycles. The number of Topliss-reactive ketones (excluding diaryl/α,β-unsaturated/α-hetero) is 2. The fourth-order valence-electron chi connectivity index (χ4n) is 5.34. The van der Waals surface area contributed by atoms with Gasteiger partial charge in [-0.2, -0.15) is 5.48 Å². The zero-order chi connectivity index (χ0) is 66.4. The van der Waals surface area contributed by atoms with Crippen LogP contribution in [0.25, 0.3) is 0 Å². The number of ketones is 2. The van der Waals surface area contributed by atoms with Crippen molar-refractivity contribution in [3.05, 3.63) is 24.5 Å². The quantitative estimate of drug-likeness (QED) is 0.0199. The van der Waals surface area contributed by atoms with Crippen molar-refractivity contribution in [2.24, 2.45) is 21.1 Å². The van der Waals surface area contributed by atoms with Gasteiger partial charge in [0.2, 0.25) is 11.8 Å². The number of nitrogens with one attached hydrogen (secondary N) is 3. The van der Waals surface area contributed by atoms with Crippen LogP contribution in [0.1, 0.15) is 134 Å². The summed E-state index contributed by atoms with van der Waals surface area (Å²) in [5, 5.41) is 10.7. The average molecular weight is 1270 g/mol. The first kappa shape index (κ1) is 89.0.